The fraction of sp³-hybridized carbons (Fsp3) is 0. The van der Waals surface area contributed by atoms with Gasteiger partial charge in [0, 0.05) is 16.9 Å². The zero-order valence-corrected chi connectivity index (χ0v) is 18.8. The smallest absolute Gasteiger partial charge is 0.283 e. The number of anilines is 3. The van der Waals surface area contributed by atoms with E-state index in [1.54, 1.807) is 30.3 Å². The number of carbonyl (C=O) groups is 3. The zero-order chi connectivity index (χ0) is 23.7. The maximum Gasteiger partial charge on any atom is 0.283 e. The lowest BCUT2D eigenvalue weighted by Crippen LogP contribution is -2.32. The number of benzene rings is 3. The standard InChI is InChI=1S/C23H13Cl3FN3O3/c24-17-9-6-15(11-18(17)25)29-21(31)12-2-1-3-14(10-12)28-20-19(26)22(32)30(23(20)33)16-7-4-13(27)5-8-16/h1-11,28H,(H,29,31). The molecule has 166 valence electrons. The minimum atomic E-state index is -0.746. The summed E-state index contributed by atoms with van der Waals surface area (Å²) < 4.78 is 13.2. The summed E-state index contributed by atoms with van der Waals surface area (Å²) in [6, 6.07) is 15.8. The molecule has 0 bridgehead atoms. The number of rotatable bonds is 5. The zero-order valence-electron chi connectivity index (χ0n) is 16.5. The maximum atomic E-state index is 13.2. The van der Waals surface area contributed by atoms with Gasteiger partial charge >= 0.3 is 0 Å². The summed E-state index contributed by atoms with van der Waals surface area (Å²) in [4.78, 5) is 38.8. The first kappa shape index (κ1) is 22.8. The molecule has 0 fully saturated rings. The highest BCUT2D eigenvalue weighted by Crippen LogP contribution is 2.30. The van der Waals surface area contributed by atoms with Gasteiger partial charge in [-0.05, 0) is 60.7 Å². The molecule has 3 aromatic rings. The molecule has 0 aromatic heterocycles. The first-order valence-corrected chi connectivity index (χ1v) is 10.6. The van der Waals surface area contributed by atoms with Gasteiger partial charge in [-0.3, -0.25) is 14.4 Å². The van der Waals surface area contributed by atoms with Gasteiger partial charge in [0.05, 0.1) is 15.7 Å². The second-order valence-corrected chi connectivity index (χ2v) is 8.09. The quantitative estimate of drug-likeness (QED) is 0.429. The molecule has 1 aliphatic heterocycles. The van der Waals surface area contributed by atoms with Gasteiger partial charge in [-0.1, -0.05) is 40.9 Å². The lowest BCUT2D eigenvalue weighted by molar-refractivity contribution is -0.120. The molecule has 0 atom stereocenters. The van der Waals surface area contributed by atoms with E-state index in [4.69, 9.17) is 34.8 Å². The Morgan fingerprint density at radius 3 is 2.24 bits per heavy atom. The molecule has 4 rings (SSSR count). The van der Waals surface area contributed by atoms with Crippen molar-refractivity contribution in [3.05, 3.63) is 98.9 Å². The van der Waals surface area contributed by atoms with E-state index in [1.807, 2.05) is 0 Å². The molecule has 3 aromatic carbocycles. The highest BCUT2D eigenvalue weighted by Gasteiger charge is 2.39. The molecule has 0 aliphatic carbocycles. The van der Waals surface area contributed by atoms with Crippen molar-refractivity contribution in [2.45, 2.75) is 0 Å². The summed E-state index contributed by atoms with van der Waals surface area (Å²) in [5.74, 6) is -2.39. The Bertz CT molecular complexity index is 1330. The number of hydrogen-bond acceptors (Lipinski definition) is 4. The van der Waals surface area contributed by atoms with Crippen molar-refractivity contribution in [2.75, 3.05) is 15.5 Å². The van der Waals surface area contributed by atoms with Gasteiger partial charge in [0.2, 0.25) is 0 Å². The van der Waals surface area contributed by atoms with Crippen LogP contribution < -0.4 is 15.5 Å². The molecule has 10 heteroatoms. The van der Waals surface area contributed by atoms with Crippen LogP contribution in [0.3, 0.4) is 0 Å². The van der Waals surface area contributed by atoms with E-state index in [1.165, 1.54) is 24.3 Å². The van der Waals surface area contributed by atoms with Crippen molar-refractivity contribution in [3.8, 4) is 0 Å². The molecule has 0 saturated carbocycles. The summed E-state index contributed by atoms with van der Waals surface area (Å²) in [5, 5.41) is 5.82. The first-order valence-electron chi connectivity index (χ1n) is 9.42. The van der Waals surface area contributed by atoms with Crippen molar-refractivity contribution in [2.24, 2.45) is 0 Å². The summed E-state index contributed by atoms with van der Waals surface area (Å²) >= 11 is 18.0. The van der Waals surface area contributed by atoms with E-state index >= 15 is 0 Å². The average Bonchev–Trinajstić information content (AvgIpc) is 3.00. The molecular formula is C23H13Cl3FN3O3. The monoisotopic (exact) mass is 503 g/mol. The van der Waals surface area contributed by atoms with E-state index in [-0.39, 0.29) is 22.0 Å². The lowest BCUT2D eigenvalue weighted by atomic mass is 10.1. The Kier molecular flexibility index (Phi) is 6.37. The van der Waals surface area contributed by atoms with Gasteiger partial charge in [0.15, 0.2) is 0 Å². The number of amides is 3. The fourth-order valence-corrected chi connectivity index (χ4v) is 3.61. The number of carbonyl (C=O) groups excluding carboxylic acids is 3. The Morgan fingerprint density at radius 1 is 0.818 bits per heavy atom. The van der Waals surface area contributed by atoms with Crippen LogP contribution in [-0.4, -0.2) is 17.7 Å². The molecule has 33 heavy (non-hydrogen) atoms. The minimum Gasteiger partial charge on any atom is -0.350 e. The van der Waals surface area contributed by atoms with Crippen molar-refractivity contribution in [1.29, 1.82) is 0 Å². The topological polar surface area (TPSA) is 78.5 Å². The Labute approximate surface area is 202 Å². The second-order valence-electron chi connectivity index (χ2n) is 6.90. The number of hydrogen-bond donors (Lipinski definition) is 2. The predicted octanol–water partition coefficient (Wildman–Crippen LogP) is 5.82. The number of nitrogens with one attached hydrogen (secondary N) is 2. The molecule has 2 N–H and O–H groups in total. The van der Waals surface area contributed by atoms with E-state index in [2.05, 4.69) is 10.6 Å². The number of imide groups is 1. The van der Waals surface area contributed by atoms with E-state index in [0.29, 0.717) is 21.4 Å². The normalized spacial score (nSPS) is 13.5. The van der Waals surface area contributed by atoms with Crippen LogP contribution in [0.2, 0.25) is 10.0 Å². The lowest BCUT2D eigenvalue weighted by Gasteiger charge is -2.15. The van der Waals surface area contributed by atoms with Crippen LogP contribution in [0.4, 0.5) is 21.5 Å². The van der Waals surface area contributed by atoms with Crippen LogP contribution in [-0.2, 0) is 9.59 Å². The summed E-state index contributed by atoms with van der Waals surface area (Å²) in [5.41, 5.74) is 1.09. The van der Waals surface area contributed by atoms with Crippen LogP contribution >= 0.6 is 34.8 Å². The van der Waals surface area contributed by atoms with Crippen LogP contribution in [0.5, 0.6) is 0 Å². The second kappa shape index (κ2) is 9.23. The largest absolute Gasteiger partial charge is 0.350 e. The third-order valence-corrected chi connectivity index (χ3v) is 5.77. The third-order valence-electron chi connectivity index (χ3n) is 4.68. The predicted molar refractivity (Wildman–Crippen MR) is 126 cm³/mol. The molecule has 0 saturated heterocycles. The van der Waals surface area contributed by atoms with Gasteiger partial charge in [-0.25, -0.2) is 9.29 Å². The number of nitrogens with zero attached hydrogens (tertiary/aromatic N) is 1. The summed E-state index contributed by atoms with van der Waals surface area (Å²) in [6.07, 6.45) is 0. The van der Waals surface area contributed by atoms with E-state index in [0.717, 1.165) is 17.0 Å². The molecule has 0 unspecified atom stereocenters. The molecule has 1 heterocycles. The van der Waals surface area contributed by atoms with Gasteiger partial charge in [0.1, 0.15) is 16.5 Å². The molecular weight excluding hydrogens is 492 g/mol. The SMILES string of the molecule is O=C(Nc1ccc(Cl)c(Cl)c1)c1cccc(NC2=C(Cl)C(=O)N(c3ccc(F)cc3)C2=O)c1. The van der Waals surface area contributed by atoms with Crippen LogP contribution in [0.1, 0.15) is 10.4 Å². The average molecular weight is 505 g/mol. The highest BCUT2D eigenvalue weighted by molar-refractivity contribution is 6.53. The molecule has 0 radical (unpaired) electrons. The maximum absolute atomic E-state index is 13.2. The van der Waals surface area contributed by atoms with Gasteiger partial charge in [0.25, 0.3) is 17.7 Å². The minimum absolute atomic E-state index is 0.159. The third kappa shape index (κ3) is 4.71. The first-order chi connectivity index (χ1) is 15.7. The van der Waals surface area contributed by atoms with Crippen LogP contribution in [0.15, 0.2) is 77.5 Å². The molecule has 3 amide bonds. The molecule has 1 aliphatic rings. The van der Waals surface area contributed by atoms with Crippen LogP contribution in [0.25, 0.3) is 0 Å². The van der Waals surface area contributed by atoms with E-state index in [9.17, 15) is 18.8 Å². The van der Waals surface area contributed by atoms with Crippen molar-refractivity contribution >= 4 is 69.6 Å². The Balaban J connectivity index is 1.53. The summed E-state index contributed by atoms with van der Waals surface area (Å²) in [6.45, 7) is 0. The van der Waals surface area contributed by atoms with Crippen LogP contribution in [0, 0.1) is 5.82 Å². The Hall–Kier alpha value is -3.39. The van der Waals surface area contributed by atoms with Gasteiger partial charge in [-0.15, -0.1) is 0 Å². The van der Waals surface area contributed by atoms with E-state index < -0.39 is 23.5 Å². The number of halogens is 4. The van der Waals surface area contributed by atoms with Crippen molar-refractivity contribution in [1.82, 2.24) is 0 Å². The Morgan fingerprint density at radius 2 is 1.55 bits per heavy atom. The summed E-state index contributed by atoms with van der Waals surface area (Å²) in [7, 11) is 0. The fourth-order valence-electron chi connectivity index (χ4n) is 3.10. The highest BCUT2D eigenvalue weighted by atomic mass is 35.5. The van der Waals surface area contributed by atoms with Gasteiger partial charge < -0.3 is 10.6 Å². The van der Waals surface area contributed by atoms with Crippen molar-refractivity contribution in [3.63, 3.8) is 0 Å². The van der Waals surface area contributed by atoms with Crippen molar-refractivity contribution < 1.29 is 18.8 Å². The molecule has 0 spiro atoms. The van der Waals surface area contributed by atoms with Gasteiger partial charge in [-0.2, -0.15) is 0 Å². The molecule has 6 nitrogen and oxygen atoms in total.